The van der Waals surface area contributed by atoms with Gasteiger partial charge in [0.15, 0.2) is 0 Å². The van der Waals surface area contributed by atoms with Crippen molar-refractivity contribution in [3.05, 3.63) is 155 Å². The third-order valence-electron chi connectivity index (χ3n) is 7.40. The molecule has 6 rings (SSSR count). The molecule has 0 aliphatic heterocycles. The molecule has 0 saturated heterocycles. The SMILES string of the molecule is Cc1ccc(C(=O)Nc2cc(-n3cnc(C)c3)cc(C(F)(F)F)c2)cc1.Cc1ccc(C(=O)O)cc1.Cc1cn(-c2cc(N)cc(C(F)(F)F)c2)cn1. The molecule has 15 heteroatoms. The van der Waals surface area contributed by atoms with E-state index in [0.29, 0.717) is 22.5 Å². The topological polar surface area (TPSA) is 128 Å². The number of aromatic carboxylic acids is 1. The number of alkyl halides is 6. The second-order valence-electron chi connectivity index (χ2n) is 11.9. The number of amides is 1. The first-order chi connectivity index (χ1) is 24.8. The van der Waals surface area contributed by atoms with Crippen molar-refractivity contribution in [3.8, 4) is 11.4 Å². The molecule has 2 aromatic heterocycles. The number of nitrogens with one attached hydrogen (secondary N) is 1. The van der Waals surface area contributed by atoms with Gasteiger partial charge in [-0.15, -0.1) is 0 Å². The fourth-order valence-electron chi connectivity index (χ4n) is 4.67. The summed E-state index contributed by atoms with van der Waals surface area (Å²) in [4.78, 5) is 30.6. The minimum Gasteiger partial charge on any atom is -0.478 e. The molecule has 0 spiro atoms. The first-order valence-corrected chi connectivity index (χ1v) is 15.7. The summed E-state index contributed by atoms with van der Waals surface area (Å²) in [5, 5.41) is 11.0. The maximum Gasteiger partial charge on any atom is 0.416 e. The second-order valence-corrected chi connectivity index (χ2v) is 11.9. The number of hydrogen-bond donors (Lipinski definition) is 3. The van der Waals surface area contributed by atoms with Crippen LogP contribution >= 0.6 is 0 Å². The van der Waals surface area contributed by atoms with Crippen molar-refractivity contribution in [1.29, 1.82) is 0 Å². The molecule has 0 saturated carbocycles. The first kappa shape index (κ1) is 39.4. The lowest BCUT2D eigenvalue weighted by Gasteiger charge is -2.13. The number of rotatable bonds is 5. The monoisotopic (exact) mass is 736 g/mol. The van der Waals surface area contributed by atoms with Gasteiger partial charge in [0, 0.05) is 40.7 Å². The number of halogens is 6. The number of aryl methyl sites for hydroxylation is 4. The molecule has 0 atom stereocenters. The van der Waals surface area contributed by atoms with Gasteiger partial charge >= 0.3 is 18.3 Å². The standard InChI is InChI=1S/C19H16F3N3O.C11H10F3N3.C8H8O2/c1-12-3-5-14(6-4-12)18(26)24-16-7-15(19(20,21)22)8-17(9-16)25-10-13(2)23-11-25;1-7-5-17(6-16-7)10-3-8(11(12,13)14)2-9(15)4-10;1-6-2-4-7(5-3-6)8(9)10/h3-11H,1-2H3,(H,24,26);2-6H,15H2,1H3;2-5H,1H3,(H,9,10). The Morgan fingerprint density at radius 3 is 1.49 bits per heavy atom. The average molecular weight is 737 g/mol. The van der Waals surface area contributed by atoms with Gasteiger partial charge in [0.1, 0.15) is 0 Å². The summed E-state index contributed by atoms with van der Waals surface area (Å²) in [7, 11) is 0. The molecule has 0 aliphatic carbocycles. The molecular weight excluding hydrogens is 702 g/mol. The zero-order valence-corrected chi connectivity index (χ0v) is 28.8. The maximum atomic E-state index is 13.2. The fraction of sp³-hybridized carbons (Fsp3) is 0.158. The first-order valence-electron chi connectivity index (χ1n) is 15.7. The Morgan fingerprint density at radius 2 is 1.08 bits per heavy atom. The summed E-state index contributed by atoms with van der Waals surface area (Å²) in [6.45, 7) is 7.30. The molecule has 0 fully saturated rings. The summed E-state index contributed by atoms with van der Waals surface area (Å²) in [6.07, 6.45) is -2.81. The van der Waals surface area contributed by atoms with Crippen molar-refractivity contribution in [2.75, 3.05) is 11.1 Å². The molecule has 0 aliphatic rings. The lowest BCUT2D eigenvalue weighted by molar-refractivity contribution is -0.138. The van der Waals surface area contributed by atoms with Crippen LogP contribution in [0, 0.1) is 27.7 Å². The summed E-state index contributed by atoms with van der Waals surface area (Å²) in [6, 6.07) is 20.4. The van der Waals surface area contributed by atoms with E-state index < -0.39 is 35.4 Å². The van der Waals surface area contributed by atoms with Gasteiger partial charge in [0.05, 0.1) is 40.7 Å². The number of carbonyl (C=O) groups excluding carboxylic acids is 1. The quantitative estimate of drug-likeness (QED) is 0.120. The van der Waals surface area contributed by atoms with Crippen LogP contribution in [0.5, 0.6) is 0 Å². The van der Waals surface area contributed by atoms with Crippen molar-refractivity contribution in [2.24, 2.45) is 0 Å². The van der Waals surface area contributed by atoms with Crippen LogP contribution in [0.2, 0.25) is 0 Å². The zero-order chi connectivity index (χ0) is 39.1. The molecular formula is C38H34F6N6O3. The Bertz CT molecular complexity index is 2190. The molecule has 1 amide bonds. The molecule has 276 valence electrons. The smallest absolute Gasteiger partial charge is 0.416 e. The number of aromatic nitrogens is 4. The van der Waals surface area contributed by atoms with Crippen molar-refractivity contribution in [3.63, 3.8) is 0 Å². The molecule has 4 aromatic carbocycles. The van der Waals surface area contributed by atoms with Gasteiger partial charge in [-0.2, -0.15) is 26.3 Å². The average Bonchev–Trinajstić information content (AvgIpc) is 3.73. The predicted octanol–water partition coefficient (Wildman–Crippen LogP) is 9.24. The van der Waals surface area contributed by atoms with Gasteiger partial charge in [-0.25, -0.2) is 14.8 Å². The number of nitrogens with two attached hydrogens (primary N) is 1. The van der Waals surface area contributed by atoms with Gasteiger partial charge in [0.25, 0.3) is 5.91 Å². The zero-order valence-electron chi connectivity index (χ0n) is 28.8. The van der Waals surface area contributed by atoms with Crippen molar-refractivity contribution < 1.29 is 41.0 Å². The Kier molecular flexibility index (Phi) is 12.1. The highest BCUT2D eigenvalue weighted by molar-refractivity contribution is 6.04. The predicted molar refractivity (Wildman–Crippen MR) is 188 cm³/mol. The molecule has 0 radical (unpaired) electrons. The highest BCUT2D eigenvalue weighted by Gasteiger charge is 2.32. The molecule has 4 N–H and O–H groups in total. The molecule has 9 nitrogen and oxygen atoms in total. The number of carbonyl (C=O) groups is 2. The maximum absolute atomic E-state index is 13.2. The normalized spacial score (nSPS) is 11.1. The van der Waals surface area contributed by atoms with E-state index in [1.807, 2.05) is 13.8 Å². The number of anilines is 2. The van der Waals surface area contributed by atoms with Gasteiger partial charge in [-0.05, 0) is 88.4 Å². The molecule has 53 heavy (non-hydrogen) atoms. The van der Waals surface area contributed by atoms with Crippen LogP contribution in [0.15, 0.2) is 110 Å². The summed E-state index contributed by atoms with van der Waals surface area (Å²) in [5.74, 6) is -1.35. The van der Waals surface area contributed by atoms with E-state index in [0.717, 1.165) is 41.1 Å². The minimum atomic E-state index is -4.53. The van der Waals surface area contributed by atoms with Crippen LogP contribution in [0.25, 0.3) is 11.4 Å². The Hall–Kier alpha value is -6.38. The highest BCUT2D eigenvalue weighted by atomic mass is 19.4. The van der Waals surface area contributed by atoms with Crippen molar-refractivity contribution in [2.45, 2.75) is 40.0 Å². The number of imidazole rings is 2. The van der Waals surface area contributed by atoms with Crippen LogP contribution in [0.1, 0.15) is 54.4 Å². The summed E-state index contributed by atoms with van der Waals surface area (Å²) >= 11 is 0. The van der Waals surface area contributed by atoms with E-state index in [9.17, 15) is 35.9 Å². The van der Waals surface area contributed by atoms with E-state index in [4.69, 9.17) is 10.8 Å². The van der Waals surface area contributed by atoms with Crippen LogP contribution in [0.4, 0.5) is 37.7 Å². The number of nitrogen functional groups attached to an aromatic ring is 1. The molecule has 2 heterocycles. The van der Waals surface area contributed by atoms with Gasteiger partial charge in [0.2, 0.25) is 0 Å². The van der Waals surface area contributed by atoms with Crippen LogP contribution in [0.3, 0.4) is 0 Å². The van der Waals surface area contributed by atoms with Gasteiger partial charge < -0.3 is 25.3 Å². The number of benzene rings is 4. The lowest BCUT2D eigenvalue weighted by Crippen LogP contribution is -2.14. The number of nitrogens with zero attached hydrogens (tertiary/aromatic N) is 4. The van der Waals surface area contributed by atoms with Crippen LogP contribution < -0.4 is 11.1 Å². The van der Waals surface area contributed by atoms with Crippen molar-refractivity contribution >= 4 is 23.3 Å². The Morgan fingerprint density at radius 1 is 0.642 bits per heavy atom. The lowest BCUT2D eigenvalue weighted by atomic mass is 10.1. The van der Waals surface area contributed by atoms with E-state index in [1.54, 1.807) is 74.8 Å². The van der Waals surface area contributed by atoms with Gasteiger partial charge in [-0.3, -0.25) is 4.79 Å². The molecule has 0 bridgehead atoms. The van der Waals surface area contributed by atoms with E-state index in [-0.39, 0.29) is 17.1 Å². The van der Waals surface area contributed by atoms with Crippen LogP contribution in [-0.4, -0.2) is 36.1 Å². The van der Waals surface area contributed by atoms with Crippen LogP contribution in [-0.2, 0) is 12.4 Å². The highest BCUT2D eigenvalue weighted by Crippen LogP contribution is 2.34. The molecule has 0 unspecified atom stereocenters. The van der Waals surface area contributed by atoms with E-state index in [1.165, 1.54) is 33.9 Å². The third kappa shape index (κ3) is 11.3. The molecule has 6 aromatic rings. The summed E-state index contributed by atoms with van der Waals surface area (Å²) < 4.78 is 80.5. The Balaban J connectivity index is 0.000000198. The third-order valence-corrected chi connectivity index (χ3v) is 7.40. The summed E-state index contributed by atoms with van der Waals surface area (Å²) in [5.41, 5.74) is 8.76. The largest absolute Gasteiger partial charge is 0.478 e. The minimum absolute atomic E-state index is 0.0618. The van der Waals surface area contributed by atoms with E-state index in [2.05, 4.69) is 15.3 Å². The number of hydrogen-bond acceptors (Lipinski definition) is 5. The number of carboxylic acid groups (broad SMARTS) is 1. The van der Waals surface area contributed by atoms with Gasteiger partial charge in [-0.1, -0.05) is 35.4 Å². The number of carboxylic acids is 1. The Labute approximate surface area is 300 Å². The second kappa shape index (κ2) is 16.3. The fourth-order valence-corrected chi connectivity index (χ4v) is 4.67. The van der Waals surface area contributed by atoms with E-state index >= 15 is 0 Å². The van der Waals surface area contributed by atoms with Crippen molar-refractivity contribution in [1.82, 2.24) is 19.1 Å².